The Bertz CT molecular complexity index is 657. The molecular formula is C11H2F8N2. The summed E-state index contributed by atoms with van der Waals surface area (Å²) in [5.74, 6) is -5.03. The molecule has 0 unspecified atom stereocenters. The van der Waals surface area contributed by atoms with Gasteiger partial charge in [0.05, 0.1) is 18.1 Å². The normalized spacial score (nSPS) is 11.9. The molecule has 0 atom stereocenters. The van der Waals surface area contributed by atoms with Gasteiger partial charge in [0.1, 0.15) is 23.0 Å². The van der Waals surface area contributed by atoms with E-state index in [0.29, 0.717) is 0 Å². The topological polar surface area (TPSA) is 47.6 Å². The SMILES string of the molecule is N#CCc1c(F)c(C(F)(F)F)c(C(F)(F)F)c(F)c1C#N. The van der Waals surface area contributed by atoms with Gasteiger partial charge >= 0.3 is 12.4 Å². The van der Waals surface area contributed by atoms with Crippen LogP contribution in [-0.4, -0.2) is 0 Å². The van der Waals surface area contributed by atoms with Gasteiger partial charge in [-0.25, -0.2) is 8.78 Å². The highest BCUT2D eigenvalue weighted by atomic mass is 19.4. The lowest BCUT2D eigenvalue weighted by Gasteiger charge is -2.19. The van der Waals surface area contributed by atoms with Crippen LogP contribution in [0, 0.1) is 34.3 Å². The Labute approximate surface area is 111 Å². The molecule has 0 saturated carbocycles. The molecule has 0 N–H and O–H groups in total. The van der Waals surface area contributed by atoms with E-state index in [1.165, 1.54) is 0 Å². The summed E-state index contributed by atoms with van der Waals surface area (Å²) in [6.45, 7) is 0. The predicted molar refractivity (Wildman–Crippen MR) is 50.4 cm³/mol. The minimum atomic E-state index is -5.87. The fourth-order valence-electron chi connectivity index (χ4n) is 1.63. The first-order valence-electron chi connectivity index (χ1n) is 4.92. The Morgan fingerprint density at radius 2 is 1.24 bits per heavy atom. The summed E-state index contributed by atoms with van der Waals surface area (Å²) in [6.07, 6.45) is -12.9. The molecule has 0 radical (unpaired) electrons. The second-order valence-electron chi connectivity index (χ2n) is 3.67. The fourth-order valence-corrected chi connectivity index (χ4v) is 1.63. The number of hydrogen-bond donors (Lipinski definition) is 0. The largest absolute Gasteiger partial charge is 0.419 e. The van der Waals surface area contributed by atoms with Crippen molar-refractivity contribution < 1.29 is 35.1 Å². The summed E-state index contributed by atoms with van der Waals surface area (Å²) in [6, 6.07) is 2.00. The molecule has 21 heavy (non-hydrogen) atoms. The minimum Gasteiger partial charge on any atom is -0.206 e. The lowest BCUT2D eigenvalue weighted by atomic mass is 9.94. The van der Waals surface area contributed by atoms with Crippen LogP contribution in [0.15, 0.2) is 0 Å². The summed E-state index contributed by atoms with van der Waals surface area (Å²) >= 11 is 0. The zero-order valence-corrected chi connectivity index (χ0v) is 9.63. The molecular weight excluding hydrogens is 312 g/mol. The molecule has 0 aliphatic heterocycles. The van der Waals surface area contributed by atoms with E-state index in [-0.39, 0.29) is 0 Å². The molecule has 0 aliphatic rings. The van der Waals surface area contributed by atoms with Gasteiger partial charge in [-0.15, -0.1) is 0 Å². The van der Waals surface area contributed by atoms with Crippen LogP contribution in [-0.2, 0) is 18.8 Å². The molecule has 0 fully saturated rings. The maximum Gasteiger partial charge on any atom is 0.419 e. The number of benzene rings is 1. The third-order valence-corrected chi connectivity index (χ3v) is 2.41. The monoisotopic (exact) mass is 314 g/mol. The Morgan fingerprint density at radius 1 is 0.810 bits per heavy atom. The van der Waals surface area contributed by atoms with Gasteiger partial charge in [0, 0.05) is 5.56 Å². The van der Waals surface area contributed by atoms with Gasteiger partial charge in [-0.1, -0.05) is 0 Å². The molecule has 2 nitrogen and oxygen atoms in total. The molecule has 0 spiro atoms. The van der Waals surface area contributed by atoms with Crippen molar-refractivity contribution in [3.05, 3.63) is 33.9 Å². The Balaban J connectivity index is 4.04. The van der Waals surface area contributed by atoms with E-state index in [9.17, 15) is 35.1 Å². The molecule has 0 amide bonds. The van der Waals surface area contributed by atoms with E-state index in [1.807, 2.05) is 0 Å². The first kappa shape index (κ1) is 16.7. The second-order valence-corrected chi connectivity index (χ2v) is 3.67. The van der Waals surface area contributed by atoms with Crippen molar-refractivity contribution >= 4 is 0 Å². The van der Waals surface area contributed by atoms with Gasteiger partial charge < -0.3 is 0 Å². The van der Waals surface area contributed by atoms with Gasteiger partial charge in [0.25, 0.3) is 0 Å². The standard InChI is InChI=1S/C11H2F8N2/c12-8-4(1-2-20)5(3-21)9(13)7(11(17,18)19)6(8)10(14,15)16/h1H2. The van der Waals surface area contributed by atoms with Crippen molar-refractivity contribution in [3.63, 3.8) is 0 Å². The lowest BCUT2D eigenvalue weighted by molar-refractivity contribution is -0.165. The molecule has 1 aromatic rings. The summed E-state index contributed by atoms with van der Waals surface area (Å²) in [5, 5.41) is 16.8. The highest BCUT2D eigenvalue weighted by Gasteiger charge is 2.49. The van der Waals surface area contributed by atoms with Crippen molar-refractivity contribution in [3.8, 4) is 12.1 Å². The van der Waals surface area contributed by atoms with Crippen LogP contribution < -0.4 is 0 Å². The van der Waals surface area contributed by atoms with Crippen molar-refractivity contribution in [1.29, 1.82) is 10.5 Å². The van der Waals surface area contributed by atoms with Crippen LogP contribution in [0.1, 0.15) is 22.3 Å². The predicted octanol–water partition coefficient (Wildman–Crippen LogP) is 3.94. The average molecular weight is 314 g/mol. The zero-order chi connectivity index (χ0) is 16.6. The Kier molecular flexibility index (Phi) is 4.14. The lowest BCUT2D eigenvalue weighted by Crippen LogP contribution is -2.23. The highest BCUT2D eigenvalue weighted by Crippen LogP contribution is 2.45. The highest BCUT2D eigenvalue weighted by molar-refractivity contribution is 5.50. The molecule has 0 saturated heterocycles. The molecule has 0 aliphatic carbocycles. The van der Waals surface area contributed by atoms with Crippen molar-refractivity contribution in [2.24, 2.45) is 0 Å². The molecule has 112 valence electrons. The fraction of sp³-hybridized carbons (Fsp3) is 0.273. The maximum atomic E-state index is 13.7. The Hall–Kier alpha value is -2.36. The third-order valence-electron chi connectivity index (χ3n) is 2.41. The van der Waals surface area contributed by atoms with E-state index in [1.54, 1.807) is 0 Å². The summed E-state index contributed by atoms with van der Waals surface area (Å²) in [4.78, 5) is 0. The van der Waals surface area contributed by atoms with Crippen LogP contribution in [0.5, 0.6) is 0 Å². The van der Waals surface area contributed by atoms with E-state index in [4.69, 9.17) is 10.5 Å². The maximum absolute atomic E-state index is 13.7. The van der Waals surface area contributed by atoms with E-state index in [0.717, 1.165) is 12.1 Å². The van der Waals surface area contributed by atoms with Gasteiger partial charge in [-0.3, -0.25) is 0 Å². The number of halogens is 8. The first-order chi connectivity index (χ1) is 9.46. The zero-order valence-electron chi connectivity index (χ0n) is 9.63. The van der Waals surface area contributed by atoms with Crippen LogP contribution >= 0.6 is 0 Å². The average Bonchev–Trinajstić information content (AvgIpc) is 2.30. The summed E-state index contributed by atoms with van der Waals surface area (Å²) in [5.41, 5.74) is -8.73. The smallest absolute Gasteiger partial charge is 0.206 e. The number of nitriles is 2. The van der Waals surface area contributed by atoms with Gasteiger partial charge in [-0.05, 0) is 0 Å². The summed E-state index contributed by atoms with van der Waals surface area (Å²) < 4.78 is 103. The van der Waals surface area contributed by atoms with Crippen molar-refractivity contribution in [2.45, 2.75) is 18.8 Å². The quantitative estimate of drug-likeness (QED) is 0.737. The van der Waals surface area contributed by atoms with E-state index in [2.05, 4.69) is 0 Å². The Morgan fingerprint density at radius 3 is 1.57 bits per heavy atom. The van der Waals surface area contributed by atoms with Crippen LogP contribution in [0.4, 0.5) is 35.1 Å². The van der Waals surface area contributed by atoms with Crippen LogP contribution in [0.3, 0.4) is 0 Å². The van der Waals surface area contributed by atoms with Gasteiger partial charge in [-0.2, -0.15) is 36.9 Å². The van der Waals surface area contributed by atoms with Crippen molar-refractivity contribution in [1.82, 2.24) is 0 Å². The van der Waals surface area contributed by atoms with Crippen LogP contribution in [0.25, 0.3) is 0 Å². The molecule has 10 heteroatoms. The van der Waals surface area contributed by atoms with Crippen LogP contribution in [0.2, 0.25) is 0 Å². The molecule has 0 heterocycles. The number of rotatable bonds is 1. The molecule has 0 bridgehead atoms. The van der Waals surface area contributed by atoms with Gasteiger partial charge in [0.15, 0.2) is 5.82 Å². The van der Waals surface area contributed by atoms with Gasteiger partial charge in [0.2, 0.25) is 0 Å². The number of nitrogens with zero attached hydrogens (tertiary/aromatic N) is 2. The molecule has 1 aromatic carbocycles. The minimum absolute atomic E-state index is 0.847. The van der Waals surface area contributed by atoms with E-state index >= 15 is 0 Å². The third kappa shape index (κ3) is 2.89. The first-order valence-corrected chi connectivity index (χ1v) is 4.92. The van der Waals surface area contributed by atoms with Crippen molar-refractivity contribution in [2.75, 3.05) is 0 Å². The number of hydrogen-bond acceptors (Lipinski definition) is 2. The second kappa shape index (κ2) is 5.20. The molecule has 1 rings (SSSR count). The number of alkyl halides is 6. The molecule has 0 aromatic heterocycles. The van der Waals surface area contributed by atoms with E-state index < -0.39 is 52.7 Å². The summed E-state index contributed by atoms with van der Waals surface area (Å²) in [7, 11) is 0.